The van der Waals surface area contributed by atoms with E-state index in [1.807, 2.05) is 37.3 Å². The van der Waals surface area contributed by atoms with Crippen molar-refractivity contribution < 1.29 is 23.8 Å². The molecule has 0 aliphatic heterocycles. The summed E-state index contributed by atoms with van der Waals surface area (Å²) in [7, 11) is 1.47. The molecule has 0 spiro atoms. The quantitative estimate of drug-likeness (QED) is 0.110. The number of rotatable bonds is 9. The number of hydrogen-bond acceptors (Lipinski definition) is 6. The topological polar surface area (TPSA) is 86.2 Å². The first kappa shape index (κ1) is 26.6. The first-order valence-electron chi connectivity index (χ1n) is 11.7. The van der Waals surface area contributed by atoms with E-state index in [1.54, 1.807) is 60.7 Å². The molecule has 0 saturated heterocycles. The molecule has 0 unspecified atom stereocenters. The summed E-state index contributed by atoms with van der Waals surface area (Å²) in [6, 6.07) is 26.8. The lowest BCUT2D eigenvalue weighted by molar-refractivity contribution is 0.0729. The number of carbonyl (C=O) groups is 2. The number of ether oxygens (including phenoxy) is 3. The molecule has 4 aromatic carbocycles. The molecule has 192 valence electrons. The van der Waals surface area contributed by atoms with Crippen LogP contribution in [-0.4, -0.2) is 25.2 Å². The summed E-state index contributed by atoms with van der Waals surface area (Å²) in [5.41, 5.74) is 6.25. The Morgan fingerprint density at radius 1 is 0.895 bits per heavy atom. The molecular formula is C30H25BrN2O5. The largest absolute Gasteiger partial charge is 0.493 e. The van der Waals surface area contributed by atoms with Crippen LogP contribution in [0.2, 0.25) is 0 Å². The van der Waals surface area contributed by atoms with Gasteiger partial charge in [0.15, 0.2) is 11.5 Å². The Labute approximate surface area is 229 Å². The van der Waals surface area contributed by atoms with Crippen LogP contribution in [0.3, 0.4) is 0 Å². The molecule has 4 aromatic rings. The summed E-state index contributed by atoms with van der Waals surface area (Å²) in [5.74, 6) is 0.411. The second kappa shape index (κ2) is 12.7. The van der Waals surface area contributed by atoms with Crippen molar-refractivity contribution in [2.45, 2.75) is 13.5 Å². The zero-order valence-corrected chi connectivity index (χ0v) is 22.4. The van der Waals surface area contributed by atoms with Gasteiger partial charge in [-0.2, -0.15) is 5.10 Å². The molecule has 0 aliphatic rings. The highest BCUT2D eigenvalue weighted by atomic mass is 79.9. The highest BCUT2D eigenvalue weighted by Crippen LogP contribution is 2.28. The average molecular weight is 573 g/mol. The monoisotopic (exact) mass is 572 g/mol. The van der Waals surface area contributed by atoms with E-state index in [9.17, 15) is 9.59 Å². The molecule has 4 rings (SSSR count). The second-order valence-corrected chi connectivity index (χ2v) is 9.22. The lowest BCUT2D eigenvalue weighted by atomic mass is 10.2. The van der Waals surface area contributed by atoms with Gasteiger partial charge in [0.25, 0.3) is 5.91 Å². The minimum absolute atomic E-state index is 0.267. The maximum atomic E-state index is 12.5. The van der Waals surface area contributed by atoms with Gasteiger partial charge < -0.3 is 14.2 Å². The van der Waals surface area contributed by atoms with Gasteiger partial charge in [0.1, 0.15) is 12.4 Å². The third-order valence-electron chi connectivity index (χ3n) is 5.47. The lowest BCUT2D eigenvalue weighted by Crippen LogP contribution is -2.17. The summed E-state index contributed by atoms with van der Waals surface area (Å²) < 4.78 is 17.4. The molecular weight excluding hydrogens is 548 g/mol. The summed E-state index contributed by atoms with van der Waals surface area (Å²) in [5, 5.41) is 4.02. The van der Waals surface area contributed by atoms with E-state index in [2.05, 4.69) is 26.5 Å². The zero-order valence-electron chi connectivity index (χ0n) is 20.8. The Kier molecular flexibility index (Phi) is 8.89. The van der Waals surface area contributed by atoms with Crippen LogP contribution in [0.15, 0.2) is 101 Å². The van der Waals surface area contributed by atoms with E-state index in [0.717, 1.165) is 10.0 Å². The molecule has 0 heterocycles. The SMILES string of the molecule is COc1cc(C=NNC(=O)c2ccc(OCc3ccc(C)cc3)cc2)ccc1OC(=O)c1cccc(Br)c1. The number of esters is 1. The number of hydrazone groups is 1. The summed E-state index contributed by atoms with van der Waals surface area (Å²) in [6.45, 7) is 2.48. The smallest absolute Gasteiger partial charge is 0.343 e. The summed E-state index contributed by atoms with van der Waals surface area (Å²) >= 11 is 3.34. The molecule has 7 nitrogen and oxygen atoms in total. The number of halogens is 1. The Morgan fingerprint density at radius 3 is 2.37 bits per heavy atom. The number of carbonyl (C=O) groups excluding carboxylic acids is 2. The number of aryl methyl sites for hydroxylation is 1. The number of nitrogens with zero attached hydrogens (tertiary/aromatic N) is 1. The van der Waals surface area contributed by atoms with E-state index < -0.39 is 5.97 Å². The van der Waals surface area contributed by atoms with Gasteiger partial charge in [0.05, 0.1) is 18.9 Å². The summed E-state index contributed by atoms with van der Waals surface area (Å²) in [6.07, 6.45) is 1.47. The predicted molar refractivity (Wildman–Crippen MR) is 149 cm³/mol. The van der Waals surface area contributed by atoms with Crippen molar-refractivity contribution in [2.24, 2.45) is 5.10 Å². The Hall–Kier alpha value is -4.43. The van der Waals surface area contributed by atoms with Gasteiger partial charge in [-0.15, -0.1) is 0 Å². The first-order valence-corrected chi connectivity index (χ1v) is 12.5. The number of nitrogens with one attached hydrogen (secondary N) is 1. The van der Waals surface area contributed by atoms with Gasteiger partial charge >= 0.3 is 5.97 Å². The molecule has 0 atom stereocenters. The van der Waals surface area contributed by atoms with E-state index in [1.165, 1.54) is 18.9 Å². The van der Waals surface area contributed by atoms with Crippen molar-refractivity contribution in [1.29, 1.82) is 0 Å². The van der Waals surface area contributed by atoms with Crippen molar-refractivity contribution in [3.05, 3.63) is 123 Å². The van der Waals surface area contributed by atoms with Crippen LogP contribution in [-0.2, 0) is 6.61 Å². The lowest BCUT2D eigenvalue weighted by Gasteiger charge is -2.10. The maximum absolute atomic E-state index is 12.5. The number of methoxy groups -OCH3 is 1. The molecule has 0 bridgehead atoms. The third-order valence-corrected chi connectivity index (χ3v) is 5.97. The number of hydrogen-bond donors (Lipinski definition) is 1. The highest BCUT2D eigenvalue weighted by molar-refractivity contribution is 9.10. The molecule has 38 heavy (non-hydrogen) atoms. The van der Waals surface area contributed by atoms with Crippen LogP contribution in [0.25, 0.3) is 0 Å². The minimum Gasteiger partial charge on any atom is -0.493 e. The van der Waals surface area contributed by atoms with Crippen LogP contribution in [0.4, 0.5) is 0 Å². The van der Waals surface area contributed by atoms with Gasteiger partial charge in [-0.25, -0.2) is 10.2 Å². The van der Waals surface area contributed by atoms with Gasteiger partial charge in [-0.1, -0.05) is 51.8 Å². The van der Waals surface area contributed by atoms with Gasteiger partial charge in [0.2, 0.25) is 0 Å². The minimum atomic E-state index is -0.509. The fourth-order valence-corrected chi connectivity index (χ4v) is 3.81. The molecule has 0 radical (unpaired) electrons. The van der Waals surface area contributed by atoms with Crippen molar-refractivity contribution in [3.63, 3.8) is 0 Å². The third kappa shape index (κ3) is 7.30. The first-order chi connectivity index (χ1) is 18.4. The van der Waals surface area contributed by atoms with E-state index in [0.29, 0.717) is 34.8 Å². The fourth-order valence-electron chi connectivity index (χ4n) is 3.41. The van der Waals surface area contributed by atoms with Crippen molar-refractivity contribution in [3.8, 4) is 17.2 Å². The van der Waals surface area contributed by atoms with Crippen molar-refractivity contribution >= 4 is 34.0 Å². The molecule has 0 saturated carbocycles. The predicted octanol–water partition coefficient (Wildman–Crippen LogP) is 6.33. The van der Waals surface area contributed by atoms with Gasteiger partial charge in [0, 0.05) is 10.0 Å². The van der Waals surface area contributed by atoms with Crippen molar-refractivity contribution in [2.75, 3.05) is 7.11 Å². The standard InChI is InChI=1S/C30H25BrN2O5/c1-20-6-8-21(9-7-20)19-37-26-13-11-23(12-14-26)29(34)33-32-18-22-10-15-27(28(16-22)36-2)38-30(35)24-4-3-5-25(31)17-24/h3-18H,19H2,1-2H3,(H,33,34). The second-order valence-electron chi connectivity index (χ2n) is 8.31. The van der Waals surface area contributed by atoms with Gasteiger partial charge in [-0.05, 0) is 78.7 Å². The molecule has 8 heteroatoms. The normalized spacial score (nSPS) is 10.7. The number of amides is 1. The van der Waals surface area contributed by atoms with Crippen LogP contribution in [0.1, 0.15) is 37.4 Å². The van der Waals surface area contributed by atoms with Crippen LogP contribution < -0.4 is 19.6 Å². The Balaban J connectivity index is 1.32. The van der Waals surface area contributed by atoms with E-state index in [4.69, 9.17) is 14.2 Å². The molecule has 1 N–H and O–H groups in total. The molecule has 0 aromatic heterocycles. The number of benzene rings is 4. The maximum Gasteiger partial charge on any atom is 0.343 e. The molecule has 0 aliphatic carbocycles. The highest BCUT2D eigenvalue weighted by Gasteiger charge is 2.13. The van der Waals surface area contributed by atoms with E-state index in [-0.39, 0.29) is 11.7 Å². The van der Waals surface area contributed by atoms with Crippen LogP contribution in [0.5, 0.6) is 17.2 Å². The summed E-state index contributed by atoms with van der Waals surface area (Å²) in [4.78, 5) is 24.9. The van der Waals surface area contributed by atoms with Gasteiger partial charge in [-0.3, -0.25) is 4.79 Å². The van der Waals surface area contributed by atoms with Crippen LogP contribution in [0, 0.1) is 6.92 Å². The Bertz CT molecular complexity index is 1450. The molecule has 0 fully saturated rings. The van der Waals surface area contributed by atoms with Crippen molar-refractivity contribution in [1.82, 2.24) is 5.43 Å². The zero-order chi connectivity index (χ0) is 26.9. The Morgan fingerprint density at radius 2 is 1.66 bits per heavy atom. The van der Waals surface area contributed by atoms with E-state index >= 15 is 0 Å². The van der Waals surface area contributed by atoms with Crippen LogP contribution >= 0.6 is 15.9 Å². The molecule has 1 amide bonds. The average Bonchev–Trinajstić information content (AvgIpc) is 2.93. The fraction of sp³-hybridized carbons (Fsp3) is 0.100.